The van der Waals surface area contributed by atoms with E-state index >= 15 is 0 Å². The lowest BCUT2D eigenvalue weighted by Gasteiger charge is -2.57. The van der Waals surface area contributed by atoms with Gasteiger partial charge in [0.25, 0.3) is 0 Å². The van der Waals surface area contributed by atoms with Gasteiger partial charge in [0, 0.05) is 25.0 Å². The maximum absolute atomic E-state index is 12.5. The summed E-state index contributed by atoms with van der Waals surface area (Å²) < 4.78 is 5.65. The third kappa shape index (κ3) is 4.01. The van der Waals surface area contributed by atoms with E-state index in [1.807, 2.05) is 20.8 Å². The third-order valence-electron chi connectivity index (χ3n) is 5.90. The molecule has 2 aliphatic carbocycles. The van der Waals surface area contributed by atoms with E-state index in [0.29, 0.717) is 25.5 Å². The maximum atomic E-state index is 12.5. The molecule has 3 atom stereocenters. The zero-order chi connectivity index (χ0) is 16.4. The molecule has 5 nitrogen and oxygen atoms in total. The molecule has 4 N–H and O–H groups in total. The topological polar surface area (TPSA) is 84.6 Å². The Bertz CT molecular complexity index is 399. The van der Waals surface area contributed by atoms with Crippen LogP contribution in [0.1, 0.15) is 59.3 Å². The van der Waals surface area contributed by atoms with E-state index in [0.717, 1.165) is 12.8 Å². The lowest BCUT2D eigenvalue weighted by Crippen LogP contribution is -2.76. The molecule has 2 fully saturated rings. The fourth-order valence-corrected chi connectivity index (χ4v) is 3.86. The molecule has 0 aromatic rings. The molecule has 3 unspecified atom stereocenters. The summed E-state index contributed by atoms with van der Waals surface area (Å²) in [6.07, 6.45) is 5.84. The van der Waals surface area contributed by atoms with Crippen molar-refractivity contribution < 1.29 is 14.6 Å². The van der Waals surface area contributed by atoms with Crippen LogP contribution >= 0.6 is 12.4 Å². The van der Waals surface area contributed by atoms with E-state index in [1.54, 1.807) is 0 Å². The predicted octanol–water partition coefficient (Wildman–Crippen LogP) is 2.00. The van der Waals surface area contributed by atoms with Crippen molar-refractivity contribution in [1.82, 2.24) is 5.32 Å². The second-order valence-corrected chi connectivity index (χ2v) is 7.52. The summed E-state index contributed by atoms with van der Waals surface area (Å²) in [4.78, 5) is 12.5. The maximum Gasteiger partial charge on any atom is 0.240 e. The van der Waals surface area contributed by atoms with Crippen molar-refractivity contribution in [3.05, 3.63) is 0 Å². The molecule has 2 saturated carbocycles. The minimum absolute atomic E-state index is 0. The summed E-state index contributed by atoms with van der Waals surface area (Å²) >= 11 is 0. The molecule has 0 aromatic heterocycles. The molecule has 0 spiro atoms. The van der Waals surface area contributed by atoms with Crippen LogP contribution in [-0.2, 0) is 9.53 Å². The molecule has 0 aliphatic heterocycles. The number of hydrogen-bond acceptors (Lipinski definition) is 4. The van der Waals surface area contributed by atoms with Crippen molar-refractivity contribution in [2.75, 3.05) is 13.2 Å². The molecular formula is C17H33ClN2O3. The van der Waals surface area contributed by atoms with Crippen LogP contribution in [0.15, 0.2) is 0 Å². The highest BCUT2D eigenvalue weighted by atomic mass is 35.5. The van der Waals surface area contributed by atoms with Crippen molar-refractivity contribution >= 4 is 18.3 Å². The summed E-state index contributed by atoms with van der Waals surface area (Å²) in [7, 11) is 0. The Morgan fingerprint density at radius 3 is 2.48 bits per heavy atom. The number of aliphatic hydroxyl groups excluding tert-OH is 1. The van der Waals surface area contributed by atoms with Gasteiger partial charge in [0.15, 0.2) is 0 Å². The number of amides is 1. The number of hydrogen-bond donors (Lipinski definition) is 3. The van der Waals surface area contributed by atoms with Crippen LogP contribution in [0.2, 0.25) is 0 Å². The Morgan fingerprint density at radius 2 is 1.96 bits per heavy atom. The van der Waals surface area contributed by atoms with Crippen LogP contribution < -0.4 is 11.1 Å². The first-order valence-electron chi connectivity index (χ1n) is 8.69. The SMILES string of the molecule is CCOC1CC(N)(C(=O)NCC(O)C2CCCCC2)C1(C)C.Cl. The molecular weight excluding hydrogens is 316 g/mol. The highest BCUT2D eigenvalue weighted by Crippen LogP contribution is 2.49. The van der Waals surface area contributed by atoms with Gasteiger partial charge in [-0.1, -0.05) is 33.1 Å². The van der Waals surface area contributed by atoms with Gasteiger partial charge in [-0.2, -0.15) is 0 Å². The fourth-order valence-electron chi connectivity index (χ4n) is 3.86. The minimum atomic E-state index is -0.904. The molecule has 6 heteroatoms. The Kier molecular flexibility index (Phi) is 7.33. The first-order valence-corrected chi connectivity index (χ1v) is 8.69. The average molecular weight is 349 g/mol. The number of carbonyl (C=O) groups excluding carboxylic acids is 1. The van der Waals surface area contributed by atoms with Gasteiger partial charge in [-0.15, -0.1) is 12.4 Å². The van der Waals surface area contributed by atoms with Crippen molar-refractivity contribution in [1.29, 1.82) is 0 Å². The molecule has 0 heterocycles. The van der Waals surface area contributed by atoms with Gasteiger partial charge >= 0.3 is 0 Å². The Morgan fingerprint density at radius 1 is 1.35 bits per heavy atom. The third-order valence-corrected chi connectivity index (χ3v) is 5.90. The average Bonchev–Trinajstić information content (AvgIpc) is 2.52. The summed E-state index contributed by atoms with van der Waals surface area (Å²) in [6, 6.07) is 0. The first kappa shape index (κ1) is 20.7. The van der Waals surface area contributed by atoms with Gasteiger partial charge in [-0.05, 0) is 25.7 Å². The Balaban J connectivity index is 0.00000264. The molecule has 2 rings (SSSR count). The summed E-state index contributed by atoms with van der Waals surface area (Å²) in [5.74, 6) is 0.150. The highest BCUT2D eigenvalue weighted by molar-refractivity contribution is 5.88. The Hall–Kier alpha value is -0.360. The van der Waals surface area contributed by atoms with E-state index in [4.69, 9.17) is 10.5 Å². The number of rotatable bonds is 6. The second-order valence-electron chi connectivity index (χ2n) is 7.52. The smallest absolute Gasteiger partial charge is 0.240 e. The monoisotopic (exact) mass is 348 g/mol. The Labute approximate surface area is 146 Å². The predicted molar refractivity (Wildman–Crippen MR) is 93.6 cm³/mol. The van der Waals surface area contributed by atoms with Gasteiger partial charge in [0.1, 0.15) is 5.54 Å². The standard InChI is InChI=1S/C17H32N2O3.ClH/c1-4-22-14-10-17(18,16(14,2)3)15(21)19-11-13(20)12-8-6-5-7-9-12;/h12-14,20H,4-11,18H2,1-3H3,(H,19,21);1H. The quantitative estimate of drug-likeness (QED) is 0.685. The zero-order valence-corrected chi connectivity index (χ0v) is 15.5. The number of nitrogens with one attached hydrogen (secondary N) is 1. The van der Waals surface area contributed by atoms with Crippen LogP contribution in [-0.4, -0.2) is 41.9 Å². The molecule has 0 aromatic carbocycles. The van der Waals surface area contributed by atoms with Crippen LogP contribution in [0.25, 0.3) is 0 Å². The van der Waals surface area contributed by atoms with Crippen molar-refractivity contribution in [2.24, 2.45) is 17.1 Å². The molecule has 1 amide bonds. The van der Waals surface area contributed by atoms with Crippen molar-refractivity contribution in [3.8, 4) is 0 Å². The van der Waals surface area contributed by atoms with Crippen LogP contribution in [0, 0.1) is 11.3 Å². The second kappa shape index (κ2) is 8.15. The lowest BCUT2D eigenvalue weighted by atomic mass is 9.54. The van der Waals surface area contributed by atoms with Crippen molar-refractivity contribution in [3.63, 3.8) is 0 Å². The largest absolute Gasteiger partial charge is 0.391 e. The van der Waals surface area contributed by atoms with Crippen molar-refractivity contribution in [2.45, 2.75) is 77.0 Å². The highest BCUT2D eigenvalue weighted by Gasteiger charge is 2.62. The van der Waals surface area contributed by atoms with Gasteiger partial charge < -0.3 is 20.9 Å². The van der Waals surface area contributed by atoms with Gasteiger partial charge in [-0.3, -0.25) is 4.79 Å². The minimum Gasteiger partial charge on any atom is -0.391 e. The molecule has 23 heavy (non-hydrogen) atoms. The van der Waals surface area contributed by atoms with E-state index in [2.05, 4.69) is 5.32 Å². The molecule has 0 saturated heterocycles. The molecule has 0 bridgehead atoms. The van der Waals surface area contributed by atoms with Crippen LogP contribution in [0.5, 0.6) is 0 Å². The first-order chi connectivity index (χ1) is 10.3. The van der Waals surface area contributed by atoms with Gasteiger partial charge in [0.2, 0.25) is 5.91 Å². The fraction of sp³-hybridized carbons (Fsp3) is 0.941. The molecule has 136 valence electrons. The number of ether oxygens (including phenoxy) is 1. The number of carbonyl (C=O) groups is 1. The zero-order valence-electron chi connectivity index (χ0n) is 14.6. The number of halogens is 1. The van der Waals surface area contributed by atoms with Crippen LogP contribution in [0.3, 0.4) is 0 Å². The van der Waals surface area contributed by atoms with E-state index in [-0.39, 0.29) is 29.8 Å². The number of aliphatic hydroxyl groups is 1. The van der Waals surface area contributed by atoms with E-state index < -0.39 is 11.6 Å². The van der Waals surface area contributed by atoms with E-state index in [9.17, 15) is 9.90 Å². The van der Waals surface area contributed by atoms with Gasteiger partial charge in [0.05, 0.1) is 12.2 Å². The summed E-state index contributed by atoms with van der Waals surface area (Å²) in [5.41, 5.74) is 5.05. The summed E-state index contributed by atoms with van der Waals surface area (Å²) in [6.45, 7) is 6.85. The van der Waals surface area contributed by atoms with Gasteiger partial charge in [-0.25, -0.2) is 0 Å². The lowest BCUT2D eigenvalue weighted by molar-refractivity contribution is -0.171. The summed E-state index contributed by atoms with van der Waals surface area (Å²) in [5, 5.41) is 13.1. The van der Waals surface area contributed by atoms with E-state index in [1.165, 1.54) is 19.3 Å². The number of nitrogens with two attached hydrogens (primary N) is 1. The van der Waals surface area contributed by atoms with Crippen LogP contribution in [0.4, 0.5) is 0 Å². The molecule has 2 aliphatic rings. The normalized spacial score (nSPS) is 31.6. The molecule has 0 radical (unpaired) electrons.